The summed E-state index contributed by atoms with van der Waals surface area (Å²) in [7, 11) is 0. The van der Waals surface area contributed by atoms with Gasteiger partial charge in [-0.3, -0.25) is 0 Å². The number of hydrogen-bond donors (Lipinski definition) is 1. The molecule has 26 heavy (non-hydrogen) atoms. The van der Waals surface area contributed by atoms with Crippen LogP contribution < -0.4 is 19.9 Å². The SMILES string of the molecule is NCCOc1ccc(-c2cccc(OC(F)(F)F)c2)cc1OC(F)(F)F. The molecular weight excluding hydrogens is 368 g/mol. The van der Waals surface area contributed by atoms with Crippen LogP contribution in [0.4, 0.5) is 26.3 Å². The fourth-order valence-electron chi connectivity index (χ4n) is 2.05. The molecule has 0 aliphatic heterocycles. The van der Waals surface area contributed by atoms with Crippen molar-refractivity contribution in [3.63, 3.8) is 0 Å². The summed E-state index contributed by atoms with van der Waals surface area (Å²) in [5.41, 5.74) is 5.62. The highest BCUT2D eigenvalue weighted by Gasteiger charge is 2.33. The van der Waals surface area contributed by atoms with Gasteiger partial charge in [-0.2, -0.15) is 0 Å². The van der Waals surface area contributed by atoms with Gasteiger partial charge in [-0.1, -0.05) is 18.2 Å². The van der Waals surface area contributed by atoms with Crippen molar-refractivity contribution in [2.24, 2.45) is 5.73 Å². The first kappa shape index (κ1) is 19.7. The van der Waals surface area contributed by atoms with Gasteiger partial charge < -0.3 is 19.9 Å². The Kier molecular flexibility index (Phi) is 5.86. The van der Waals surface area contributed by atoms with Crippen LogP contribution in [0.1, 0.15) is 0 Å². The van der Waals surface area contributed by atoms with Crippen LogP contribution in [-0.2, 0) is 0 Å². The van der Waals surface area contributed by atoms with Gasteiger partial charge in [0.2, 0.25) is 0 Å². The molecule has 0 aliphatic rings. The van der Waals surface area contributed by atoms with E-state index in [1.165, 1.54) is 24.3 Å². The Morgan fingerprint density at radius 2 is 1.42 bits per heavy atom. The van der Waals surface area contributed by atoms with E-state index < -0.39 is 24.2 Å². The Labute approximate surface area is 144 Å². The van der Waals surface area contributed by atoms with Crippen LogP contribution in [0.2, 0.25) is 0 Å². The fourth-order valence-corrected chi connectivity index (χ4v) is 2.05. The van der Waals surface area contributed by atoms with E-state index in [0.717, 1.165) is 18.2 Å². The summed E-state index contributed by atoms with van der Waals surface area (Å²) in [6.45, 7) is 0.0342. The lowest BCUT2D eigenvalue weighted by Crippen LogP contribution is -2.18. The third-order valence-corrected chi connectivity index (χ3v) is 2.95. The molecule has 0 spiro atoms. The quantitative estimate of drug-likeness (QED) is 0.750. The molecule has 10 heteroatoms. The lowest BCUT2D eigenvalue weighted by molar-refractivity contribution is -0.275. The minimum absolute atomic E-state index is 0.0392. The second-order valence-electron chi connectivity index (χ2n) is 4.92. The van der Waals surface area contributed by atoms with Crippen molar-refractivity contribution < 1.29 is 40.6 Å². The van der Waals surface area contributed by atoms with E-state index in [2.05, 4.69) is 9.47 Å². The van der Waals surface area contributed by atoms with Crippen molar-refractivity contribution in [3.8, 4) is 28.4 Å². The predicted molar refractivity (Wildman–Crippen MR) is 79.8 cm³/mol. The number of alkyl halides is 6. The predicted octanol–water partition coefficient (Wildman–Crippen LogP) is 4.49. The molecule has 0 unspecified atom stereocenters. The standard InChI is InChI=1S/C16H13F6NO3/c17-15(18,19)25-12-3-1-2-10(8-12)11-4-5-13(24-7-6-23)14(9-11)26-16(20,21)22/h1-5,8-9H,6-7,23H2. The maximum absolute atomic E-state index is 12.6. The van der Waals surface area contributed by atoms with Gasteiger partial charge in [0.25, 0.3) is 0 Å². The van der Waals surface area contributed by atoms with Crippen LogP contribution in [-0.4, -0.2) is 25.9 Å². The summed E-state index contributed by atoms with van der Waals surface area (Å²) in [5.74, 6) is -1.33. The minimum atomic E-state index is -4.97. The van der Waals surface area contributed by atoms with Gasteiger partial charge >= 0.3 is 12.7 Å². The van der Waals surface area contributed by atoms with E-state index in [1.807, 2.05) is 0 Å². The summed E-state index contributed by atoms with van der Waals surface area (Å²) in [5, 5.41) is 0. The Hall–Kier alpha value is -2.62. The van der Waals surface area contributed by atoms with Gasteiger partial charge in [0.1, 0.15) is 12.4 Å². The van der Waals surface area contributed by atoms with Crippen molar-refractivity contribution in [2.45, 2.75) is 12.7 Å². The molecule has 4 nitrogen and oxygen atoms in total. The molecule has 142 valence electrons. The fraction of sp³-hybridized carbons (Fsp3) is 0.250. The second-order valence-corrected chi connectivity index (χ2v) is 4.92. The first-order valence-corrected chi connectivity index (χ1v) is 7.16. The maximum atomic E-state index is 12.6. The van der Waals surface area contributed by atoms with Crippen molar-refractivity contribution >= 4 is 0 Å². The molecule has 0 atom stereocenters. The van der Waals surface area contributed by atoms with Crippen molar-refractivity contribution in [2.75, 3.05) is 13.2 Å². The first-order valence-electron chi connectivity index (χ1n) is 7.16. The van der Waals surface area contributed by atoms with Crippen LogP contribution >= 0.6 is 0 Å². The lowest BCUT2D eigenvalue weighted by atomic mass is 10.0. The van der Waals surface area contributed by atoms with Crippen LogP contribution in [0.25, 0.3) is 11.1 Å². The highest BCUT2D eigenvalue weighted by molar-refractivity contribution is 5.68. The van der Waals surface area contributed by atoms with Crippen LogP contribution in [0.3, 0.4) is 0 Å². The number of benzene rings is 2. The lowest BCUT2D eigenvalue weighted by Gasteiger charge is -2.15. The zero-order valence-electron chi connectivity index (χ0n) is 13.0. The van der Waals surface area contributed by atoms with Gasteiger partial charge in [-0.25, -0.2) is 0 Å². The van der Waals surface area contributed by atoms with E-state index in [0.29, 0.717) is 0 Å². The summed E-state index contributed by atoms with van der Waals surface area (Å²) in [6, 6.07) is 8.40. The van der Waals surface area contributed by atoms with Crippen LogP contribution in [0.5, 0.6) is 17.2 Å². The first-order chi connectivity index (χ1) is 12.1. The highest BCUT2D eigenvalue weighted by atomic mass is 19.4. The molecule has 0 aliphatic carbocycles. The molecule has 0 amide bonds. The van der Waals surface area contributed by atoms with Crippen molar-refractivity contribution in [1.82, 2.24) is 0 Å². The smallest absolute Gasteiger partial charge is 0.488 e. The highest BCUT2D eigenvalue weighted by Crippen LogP contribution is 2.37. The van der Waals surface area contributed by atoms with E-state index in [4.69, 9.17) is 10.5 Å². The molecular formula is C16H13F6NO3. The molecule has 0 fully saturated rings. The molecule has 0 aromatic heterocycles. The van der Waals surface area contributed by atoms with Crippen molar-refractivity contribution in [1.29, 1.82) is 0 Å². The summed E-state index contributed by atoms with van der Waals surface area (Å²) in [4.78, 5) is 0. The zero-order chi connectivity index (χ0) is 19.4. The molecule has 0 saturated carbocycles. The van der Waals surface area contributed by atoms with E-state index >= 15 is 0 Å². The van der Waals surface area contributed by atoms with E-state index in [9.17, 15) is 26.3 Å². The third-order valence-electron chi connectivity index (χ3n) is 2.95. The Morgan fingerprint density at radius 1 is 0.769 bits per heavy atom. The molecule has 0 heterocycles. The van der Waals surface area contributed by atoms with Gasteiger partial charge in [0.05, 0.1) is 0 Å². The van der Waals surface area contributed by atoms with Crippen LogP contribution in [0.15, 0.2) is 42.5 Å². The summed E-state index contributed by atoms with van der Waals surface area (Å²) in [6.07, 6.45) is -9.86. The normalized spacial score (nSPS) is 12.0. The third kappa shape index (κ3) is 6.03. The average Bonchev–Trinajstić information content (AvgIpc) is 2.51. The van der Waals surface area contributed by atoms with Gasteiger partial charge in [0, 0.05) is 6.54 Å². The molecule has 0 saturated heterocycles. The molecule has 2 aromatic carbocycles. The van der Waals surface area contributed by atoms with E-state index in [-0.39, 0.29) is 30.0 Å². The van der Waals surface area contributed by atoms with Gasteiger partial charge in [-0.15, -0.1) is 26.3 Å². The number of nitrogens with two attached hydrogens (primary N) is 1. The summed E-state index contributed by atoms with van der Waals surface area (Å²) < 4.78 is 87.5. The average molecular weight is 381 g/mol. The molecule has 2 rings (SSSR count). The number of rotatable bonds is 6. The van der Waals surface area contributed by atoms with E-state index in [1.54, 1.807) is 0 Å². The van der Waals surface area contributed by atoms with Crippen molar-refractivity contribution in [3.05, 3.63) is 42.5 Å². The van der Waals surface area contributed by atoms with Gasteiger partial charge in [0.15, 0.2) is 11.5 Å². The zero-order valence-corrected chi connectivity index (χ0v) is 13.0. The maximum Gasteiger partial charge on any atom is 0.573 e. The largest absolute Gasteiger partial charge is 0.573 e. The minimum Gasteiger partial charge on any atom is -0.488 e. The second kappa shape index (κ2) is 7.73. The monoisotopic (exact) mass is 381 g/mol. The Balaban J connectivity index is 2.37. The number of hydrogen-bond acceptors (Lipinski definition) is 4. The topological polar surface area (TPSA) is 53.7 Å². The number of halogens is 6. The molecule has 2 N–H and O–H groups in total. The molecule has 2 aromatic rings. The van der Waals surface area contributed by atoms with Crippen LogP contribution in [0, 0.1) is 0 Å². The number of ether oxygens (including phenoxy) is 3. The molecule has 0 radical (unpaired) electrons. The summed E-state index contributed by atoms with van der Waals surface area (Å²) >= 11 is 0. The molecule has 0 bridgehead atoms. The Morgan fingerprint density at radius 3 is 2.04 bits per heavy atom. The van der Waals surface area contributed by atoms with Gasteiger partial charge in [-0.05, 0) is 35.4 Å². The Bertz CT molecular complexity index is 745.